The van der Waals surface area contributed by atoms with Gasteiger partial charge in [-0.05, 0) is 48.9 Å². The van der Waals surface area contributed by atoms with Crippen molar-refractivity contribution in [1.29, 1.82) is 0 Å². The number of nitrogens with one attached hydrogen (secondary N) is 2. The average molecular weight is 402 g/mol. The Bertz CT molecular complexity index is 1070. The van der Waals surface area contributed by atoms with Gasteiger partial charge in [0.25, 0.3) is 5.91 Å². The molecule has 0 spiro atoms. The molecule has 154 valence electrons. The molecule has 0 saturated heterocycles. The maximum Gasteiger partial charge on any atom is 0.255 e. The minimum atomic E-state index is -0.455. The van der Waals surface area contributed by atoms with Crippen LogP contribution in [0, 0.1) is 12.3 Å². The highest BCUT2D eigenvalue weighted by Crippen LogP contribution is 2.46. The first-order valence-electron chi connectivity index (χ1n) is 10.1. The van der Waals surface area contributed by atoms with Gasteiger partial charge in [-0.3, -0.25) is 14.6 Å². The summed E-state index contributed by atoms with van der Waals surface area (Å²) in [6.45, 7) is 8.02. The molecular weight excluding hydrogens is 376 g/mol. The fraction of sp³-hybridized carbons (Fsp3) is 0.333. The molecule has 2 aliphatic rings. The lowest BCUT2D eigenvalue weighted by molar-refractivity contribution is -0.118. The summed E-state index contributed by atoms with van der Waals surface area (Å²) in [5.41, 5.74) is 4.59. The molecule has 0 aromatic carbocycles. The summed E-state index contributed by atoms with van der Waals surface area (Å²) in [5.74, 6) is -0.168. The van der Waals surface area contributed by atoms with Crippen LogP contribution in [-0.4, -0.2) is 21.7 Å². The van der Waals surface area contributed by atoms with E-state index in [1.807, 2.05) is 32.0 Å². The van der Waals surface area contributed by atoms with E-state index in [9.17, 15) is 9.59 Å². The third kappa shape index (κ3) is 3.77. The van der Waals surface area contributed by atoms with Gasteiger partial charge in [0.05, 0.1) is 0 Å². The van der Waals surface area contributed by atoms with Gasteiger partial charge in [-0.15, -0.1) is 0 Å². The summed E-state index contributed by atoms with van der Waals surface area (Å²) in [6, 6.07) is 7.43. The molecule has 1 aliphatic carbocycles. The van der Waals surface area contributed by atoms with E-state index >= 15 is 0 Å². The maximum absolute atomic E-state index is 13.4. The van der Waals surface area contributed by atoms with Crippen LogP contribution in [0.1, 0.15) is 50.7 Å². The standard InChI is InChI=1S/C24H26N4O2/c1-14-7-8-19(26-12-14)28-23(30)20-15(2)27-17-10-24(3,4)11-18(29)22(17)21(20)16-6-5-9-25-13-16/h5-9,12-13,21,27H,10-11H2,1-4H3,(H,26,28,30). The molecule has 1 atom stereocenters. The number of aromatic nitrogens is 2. The molecule has 6 heteroatoms. The Morgan fingerprint density at radius 1 is 1.17 bits per heavy atom. The summed E-state index contributed by atoms with van der Waals surface area (Å²) in [5, 5.41) is 6.26. The Morgan fingerprint density at radius 2 is 1.97 bits per heavy atom. The van der Waals surface area contributed by atoms with E-state index in [1.165, 1.54) is 0 Å². The minimum absolute atomic E-state index is 0.0777. The first-order chi connectivity index (χ1) is 14.2. The van der Waals surface area contributed by atoms with Crippen molar-refractivity contribution in [3.63, 3.8) is 0 Å². The third-order valence-electron chi connectivity index (χ3n) is 5.66. The molecule has 30 heavy (non-hydrogen) atoms. The van der Waals surface area contributed by atoms with Crippen LogP contribution < -0.4 is 10.6 Å². The average Bonchev–Trinajstić information content (AvgIpc) is 2.68. The first kappa shape index (κ1) is 20.0. The van der Waals surface area contributed by atoms with Gasteiger partial charge in [0.15, 0.2) is 5.78 Å². The van der Waals surface area contributed by atoms with Crippen molar-refractivity contribution < 1.29 is 9.59 Å². The van der Waals surface area contributed by atoms with E-state index in [1.54, 1.807) is 24.7 Å². The van der Waals surface area contributed by atoms with Crippen LogP contribution in [0.5, 0.6) is 0 Å². The molecule has 1 unspecified atom stereocenters. The smallest absolute Gasteiger partial charge is 0.255 e. The Labute approximate surface area is 176 Å². The molecule has 1 amide bonds. The molecule has 2 aromatic rings. The topological polar surface area (TPSA) is 84.0 Å². The van der Waals surface area contributed by atoms with E-state index in [0.717, 1.165) is 28.9 Å². The Morgan fingerprint density at radius 3 is 2.63 bits per heavy atom. The summed E-state index contributed by atoms with van der Waals surface area (Å²) in [7, 11) is 0. The number of carbonyl (C=O) groups is 2. The van der Waals surface area contributed by atoms with Crippen LogP contribution in [0.15, 0.2) is 65.4 Å². The predicted octanol–water partition coefficient (Wildman–Crippen LogP) is 4.03. The van der Waals surface area contributed by atoms with Gasteiger partial charge in [0, 0.05) is 53.5 Å². The van der Waals surface area contributed by atoms with Crippen LogP contribution in [-0.2, 0) is 9.59 Å². The van der Waals surface area contributed by atoms with Gasteiger partial charge in [-0.1, -0.05) is 26.0 Å². The van der Waals surface area contributed by atoms with Gasteiger partial charge in [0.2, 0.25) is 0 Å². The number of carbonyl (C=O) groups excluding carboxylic acids is 2. The van der Waals surface area contributed by atoms with E-state index in [0.29, 0.717) is 23.4 Å². The van der Waals surface area contributed by atoms with Gasteiger partial charge in [-0.2, -0.15) is 0 Å². The number of nitrogens with zero attached hydrogens (tertiary/aromatic N) is 2. The van der Waals surface area contributed by atoms with E-state index < -0.39 is 5.92 Å². The fourth-order valence-corrected chi connectivity index (χ4v) is 4.34. The van der Waals surface area contributed by atoms with Crippen LogP contribution in [0.25, 0.3) is 0 Å². The molecule has 2 aromatic heterocycles. The van der Waals surface area contributed by atoms with Crippen molar-refractivity contribution in [3.8, 4) is 0 Å². The quantitative estimate of drug-likeness (QED) is 0.810. The summed E-state index contributed by atoms with van der Waals surface area (Å²) < 4.78 is 0. The molecule has 6 nitrogen and oxygen atoms in total. The summed E-state index contributed by atoms with van der Waals surface area (Å²) in [6.07, 6.45) is 6.35. The summed E-state index contributed by atoms with van der Waals surface area (Å²) in [4.78, 5) is 35.1. The van der Waals surface area contributed by atoms with Crippen LogP contribution >= 0.6 is 0 Å². The van der Waals surface area contributed by atoms with Crippen molar-refractivity contribution in [3.05, 3.63) is 76.5 Å². The normalized spacial score (nSPS) is 20.5. The number of amides is 1. The number of aryl methyl sites for hydroxylation is 1. The number of ketones is 1. The number of hydrogen-bond donors (Lipinski definition) is 2. The number of allylic oxidation sites excluding steroid dienone is 3. The zero-order chi connectivity index (χ0) is 21.5. The van der Waals surface area contributed by atoms with Crippen LogP contribution in [0.2, 0.25) is 0 Å². The number of rotatable bonds is 3. The number of Topliss-reactive ketones (excluding diaryl/α,β-unsaturated/α-hetero) is 1. The largest absolute Gasteiger partial charge is 0.362 e. The molecule has 4 rings (SSSR count). The van der Waals surface area contributed by atoms with Crippen LogP contribution in [0.3, 0.4) is 0 Å². The second kappa shape index (κ2) is 7.52. The highest BCUT2D eigenvalue weighted by molar-refractivity contribution is 6.09. The maximum atomic E-state index is 13.4. The van der Waals surface area contributed by atoms with Gasteiger partial charge in [0.1, 0.15) is 5.82 Å². The highest BCUT2D eigenvalue weighted by Gasteiger charge is 2.42. The second-order valence-corrected chi connectivity index (χ2v) is 8.89. The van der Waals surface area contributed by atoms with Crippen molar-refractivity contribution >= 4 is 17.5 Å². The first-order valence-corrected chi connectivity index (χ1v) is 10.1. The predicted molar refractivity (Wildman–Crippen MR) is 115 cm³/mol. The lowest BCUT2D eigenvalue weighted by atomic mass is 9.68. The van der Waals surface area contributed by atoms with Crippen LogP contribution in [0.4, 0.5) is 5.82 Å². The van der Waals surface area contributed by atoms with Gasteiger partial charge in [-0.25, -0.2) is 4.98 Å². The van der Waals surface area contributed by atoms with Crippen molar-refractivity contribution in [2.24, 2.45) is 5.41 Å². The number of pyridine rings is 2. The van der Waals surface area contributed by atoms with Crippen molar-refractivity contribution in [2.75, 3.05) is 5.32 Å². The minimum Gasteiger partial charge on any atom is -0.362 e. The molecular formula is C24H26N4O2. The molecule has 0 radical (unpaired) electrons. The molecule has 0 saturated carbocycles. The molecule has 0 fully saturated rings. The lowest BCUT2D eigenvalue weighted by Gasteiger charge is -2.39. The molecule has 1 aliphatic heterocycles. The molecule has 0 bridgehead atoms. The Hall–Kier alpha value is -3.28. The van der Waals surface area contributed by atoms with Gasteiger partial charge < -0.3 is 10.6 Å². The molecule has 3 heterocycles. The Kier molecular flexibility index (Phi) is 5.02. The third-order valence-corrected chi connectivity index (χ3v) is 5.66. The number of hydrogen-bond acceptors (Lipinski definition) is 5. The molecule has 2 N–H and O–H groups in total. The Balaban J connectivity index is 1.78. The lowest BCUT2D eigenvalue weighted by Crippen LogP contribution is -2.39. The van der Waals surface area contributed by atoms with E-state index in [2.05, 4.69) is 34.4 Å². The van der Waals surface area contributed by atoms with Crippen molar-refractivity contribution in [2.45, 2.75) is 46.5 Å². The summed E-state index contributed by atoms with van der Waals surface area (Å²) >= 11 is 0. The monoisotopic (exact) mass is 402 g/mol. The van der Waals surface area contributed by atoms with E-state index in [4.69, 9.17) is 0 Å². The highest BCUT2D eigenvalue weighted by atomic mass is 16.2. The van der Waals surface area contributed by atoms with Gasteiger partial charge >= 0.3 is 0 Å². The SMILES string of the molecule is CC1=C(C(=O)Nc2ccc(C)cn2)C(c2cccnc2)C2=C(CC(C)(C)CC2=O)N1. The van der Waals surface area contributed by atoms with E-state index in [-0.39, 0.29) is 17.1 Å². The zero-order valence-electron chi connectivity index (χ0n) is 17.7. The zero-order valence-corrected chi connectivity index (χ0v) is 17.7. The second-order valence-electron chi connectivity index (χ2n) is 8.89. The van der Waals surface area contributed by atoms with Crippen molar-refractivity contribution in [1.82, 2.24) is 15.3 Å². The number of dihydropyridines is 1. The fourth-order valence-electron chi connectivity index (χ4n) is 4.34. The number of anilines is 1.